The van der Waals surface area contributed by atoms with Crippen molar-refractivity contribution in [3.8, 4) is 11.1 Å². The van der Waals surface area contributed by atoms with Gasteiger partial charge in [0.05, 0.1) is 21.8 Å². The highest BCUT2D eigenvalue weighted by atomic mass is 32.2. The summed E-state index contributed by atoms with van der Waals surface area (Å²) >= 11 is 0. The highest BCUT2D eigenvalue weighted by Crippen LogP contribution is 2.37. The number of aromatic nitrogens is 1. The number of fused-ring (bicyclic) bond motifs is 1. The summed E-state index contributed by atoms with van der Waals surface area (Å²) in [5, 5.41) is 2.85. The van der Waals surface area contributed by atoms with Gasteiger partial charge in [-0.1, -0.05) is 54.6 Å². The lowest BCUT2D eigenvalue weighted by Crippen LogP contribution is -2.47. The third-order valence-electron chi connectivity index (χ3n) is 8.35. The zero-order valence-corrected chi connectivity index (χ0v) is 25.3. The number of hydrogen-bond donors (Lipinski definition) is 2. The van der Waals surface area contributed by atoms with E-state index in [1.165, 1.54) is 0 Å². The maximum Gasteiger partial charge on any atom is 0.256 e. The highest BCUT2D eigenvalue weighted by Gasteiger charge is 2.29. The van der Waals surface area contributed by atoms with Gasteiger partial charge in [-0.3, -0.25) is 9.59 Å². The molecule has 2 aliphatic rings. The Morgan fingerprint density at radius 2 is 1.60 bits per heavy atom. The number of likely N-dealkylation sites (N-methyl/N-ethyl adjacent to an activating group) is 1. The molecule has 3 heterocycles. The standard InChI is InChI=1S/C34H34N4O4S/c1-22-31(35-23(2)32(22)34(40)38-17-15-37(3)16-18-38)20-29-28-19-26(13-14-30(28)36-33(29)39)43(41,42)21-25-11-7-8-12-27(25)24-9-5-4-6-10-24/h4-14,19-20,35H,15-18,21H2,1-3H3,(H,36,39)/b29-20-. The molecule has 1 aromatic heterocycles. The molecule has 1 fully saturated rings. The number of nitrogens with zero attached hydrogens (tertiary/aromatic N) is 2. The number of piperazine rings is 1. The molecule has 0 radical (unpaired) electrons. The fraction of sp³-hybridized carbons (Fsp3) is 0.235. The number of amides is 2. The lowest BCUT2D eigenvalue weighted by atomic mass is 10.0. The van der Waals surface area contributed by atoms with Gasteiger partial charge in [0.25, 0.3) is 11.8 Å². The lowest BCUT2D eigenvalue weighted by Gasteiger charge is -2.32. The van der Waals surface area contributed by atoms with Crippen molar-refractivity contribution >= 4 is 39.0 Å². The van der Waals surface area contributed by atoms with E-state index in [-0.39, 0.29) is 22.5 Å². The molecule has 220 valence electrons. The number of aryl methyl sites for hydroxylation is 1. The Kier molecular flexibility index (Phi) is 7.54. The molecule has 0 bridgehead atoms. The normalized spacial score (nSPS) is 16.4. The number of carbonyl (C=O) groups is 2. The summed E-state index contributed by atoms with van der Waals surface area (Å²) in [6.07, 6.45) is 1.71. The van der Waals surface area contributed by atoms with Crippen LogP contribution in [0, 0.1) is 13.8 Å². The number of aromatic amines is 1. The first-order valence-electron chi connectivity index (χ1n) is 14.3. The Balaban J connectivity index is 1.32. The van der Waals surface area contributed by atoms with Crippen LogP contribution in [0.5, 0.6) is 0 Å². The van der Waals surface area contributed by atoms with Crippen LogP contribution in [-0.2, 0) is 20.4 Å². The first-order valence-corrected chi connectivity index (χ1v) is 16.0. The van der Waals surface area contributed by atoms with Crippen molar-refractivity contribution in [1.82, 2.24) is 14.8 Å². The fourth-order valence-electron chi connectivity index (χ4n) is 5.89. The van der Waals surface area contributed by atoms with E-state index in [2.05, 4.69) is 15.2 Å². The second kappa shape index (κ2) is 11.3. The number of rotatable bonds is 6. The molecule has 2 N–H and O–H groups in total. The topological polar surface area (TPSA) is 103 Å². The quantitative estimate of drug-likeness (QED) is 0.301. The van der Waals surface area contributed by atoms with Gasteiger partial charge < -0.3 is 20.1 Å². The first kappa shape index (κ1) is 28.6. The van der Waals surface area contributed by atoms with Gasteiger partial charge in [0, 0.05) is 48.8 Å². The van der Waals surface area contributed by atoms with Crippen LogP contribution >= 0.6 is 0 Å². The van der Waals surface area contributed by atoms with Crippen molar-refractivity contribution < 1.29 is 18.0 Å². The van der Waals surface area contributed by atoms with Crippen molar-refractivity contribution in [2.75, 3.05) is 38.5 Å². The summed E-state index contributed by atoms with van der Waals surface area (Å²) < 4.78 is 27.4. The summed E-state index contributed by atoms with van der Waals surface area (Å²) in [5.74, 6) is -0.522. The molecule has 2 aliphatic heterocycles. The Bertz CT molecular complexity index is 1870. The molecule has 0 aliphatic carbocycles. The summed E-state index contributed by atoms with van der Waals surface area (Å²) in [4.78, 5) is 34.0. The zero-order valence-electron chi connectivity index (χ0n) is 24.5. The van der Waals surface area contributed by atoms with Crippen molar-refractivity contribution in [3.63, 3.8) is 0 Å². The smallest absolute Gasteiger partial charge is 0.256 e. The maximum atomic E-state index is 13.7. The van der Waals surface area contributed by atoms with Crippen molar-refractivity contribution in [2.24, 2.45) is 0 Å². The third kappa shape index (κ3) is 5.53. The van der Waals surface area contributed by atoms with E-state index in [1.807, 2.05) is 80.4 Å². The third-order valence-corrected chi connectivity index (χ3v) is 10.0. The molecule has 2 amide bonds. The van der Waals surface area contributed by atoms with Crippen LogP contribution in [0.1, 0.15) is 38.4 Å². The number of benzene rings is 3. The summed E-state index contributed by atoms with van der Waals surface area (Å²) in [6, 6.07) is 22.0. The largest absolute Gasteiger partial charge is 0.358 e. The number of sulfone groups is 1. The summed E-state index contributed by atoms with van der Waals surface area (Å²) in [5.41, 5.74) is 6.69. The molecule has 9 heteroatoms. The minimum absolute atomic E-state index is 0.0237. The SMILES string of the molecule is Cc1[nH]c(/C=C2\C(=O)Nc3ccc(S(=O)(=O)Cc4ccccc4-c4ccccc4)cc32)c(C)c1C(=O)N1CCN(C)CC1. The van der Waals surface area contributed by atoms with Crippen LogP contribution in [0.3, 0.4) is 0 Å². The van der Waals surface area contributed by atoms with Gasteiger partial charge in [-0.05, 0) is 67.4 Å². The Morgan fingerprint density at radius 1 is 0.907 bits per heavy atom. The predicted molar refractivity (Wildman–Crippen MR) is 169 cm³/mol. The van der Waals surface area contributed by atoms with E-state index in [0.29, 0.717) is 46.7 Å². The Labute approximate surface area is 252 Å². The van der Waals surface area contributed by atoms with Crippen LogP contribution in [0.25, 0.3) is 22.8 Å². The molecule has 0 unspecified atom stereocenters. The van der Waals surface area contributed by atoms with Gasteiger partial charge in [0.2, 0.25) is 0 Å². The lowest BCUT2D eigenvalue weighted by molar-refractivity contribution is -0.110. The van der Waals surface area contributed by atoms with Gasteiger partial charge in [-0.25, -0.2) is 8.42 Å². The highest BCUT2D eigenvalue weighted by molar-refractivity contribution is 7.90. The minimum Gasteiger partial charge on any atom is -0.358 e. The van der Waals surface area contributed by atoms with Crippen molar-refractivity contribution in [2.45, 2.75) is 24.5 Å². The molecule has 1 saturated heterocycles. The van der Waals surface area contributed by atoms with Gasteiger partial charge in [-0.2, -0.15) is 0 Å². The summed E-state index contributed by atoms with van der Waals surface area (Å²) in [7, 11) is -1.70. The molecule has 3 aromatic carbocycles. The number of nitrogens with one attached hydrogen (secondary N) is 2. The Hall–Kier alpha value is -4.47. The van der Waals surface area contributed by atoms with Crippen LogP contribution in [0.15, 0.2) is 77.7 Å². The minimum atomic E-state index is -3.75. The van der Waals surface area contributed by atoms with Crippen LogP contribution < -0.4 is 5.32 Å². The maximum absolute atomic E-state index is 13.7. The molecular formula is C34H34N4O4S. The fourth-order valence-corrected chi connectivity index (χ4v) is 7.29. The first-order chi connectivity index (χ1) is 20.6. The van der Waals surface area contributed by atoms with Crippen LogP contribution in [0.2, 0.25) is 0 Å². The van der Waals surface area contributed by atoms with E-state index in [4.69, 9.17) is 0 Å². The average Bonchev–Trinajstić information content (AvgIpc) is 3.46. The average molecular weight is 595 g/mol. The number of carbonyl (C=O) groups excluding carboxylic acids is 2. The molecule has 0 spiro atoms. The molecular weight excluding hydrogens is 560 g/mol. The predicted octanol–water partition coefficient (Wildman–Crippen LogP) is 5.15. The van der Waals surface area contributed by atoms with E-state index < -0.39 is 9.84 Å². The van der Waals surface area contributed by atoms with Gasteiger partial charge in [0.15, 0.2) is 9.84 Å². The second-order valence-corrected chi connectivity index (χ2v) is 13.3. The van der Waals surface area contributed by atoms with Crippen LogP contribution in [-0.4, -0.2) is 68.2 Å². The number of anilines is 1. The molecule has 0 atom stereocenters. The number of hydrogen-bond acceptors (Lipinski definition) is 5. The van der Waals surface area contributed by atoms with Crippen LogP contribution in [0.4, 0.5) is 5.69 Å². The molecule has 0 saturated carbocycles. The van der Waals surface area contributed by atoms with E-state index >= 15 is 0 Å². The van der Waals surface area contributed by atoms with E-state index in [0.717, 1.165) is 35.5 Å². The van der Waals surface area contributed by atoms with Gasteiger partial charge >= 0.3 is 0 Å². The molecule has 43 heavy (non-hydrogen) atoms. The Morgan fingerprint density at radius 3 is 2.35 bits per heavy atom. The monoisotopic (exact) mass is 594 g/mol. The summed E-state index contributed by atoms with van der Waals surface area (Å²) in [6.45, 7) is 6.71. The molecule has 6 rings (SSSR count). The van der Waals surface area contributed by atoms with Crippen molar-refractivity contribution in [1.29, 1.82) is 0 Å². The second-order valence-electron chi connectivity index (χ2n) is 11.3. The van der Waals surface area contributed by atoms with Crippen molar-refractivity contribution in [3.05, 3.63) is 106 Å². The van der Waals surface area contributed by atoms with Gasteiger partial charge in [-0.15, -0.1) is 0 Å². The zero-order chi connectivity index (χ0) is 30.3. The van der Waals surface area contributed by atoms with E-state index in [9.17, 15) is 18.0 Å². The van der Waals surface area contributed by atoms with Gasteiger partial charge in [0.1, 0.15) is 0 Å². The molecule has 4 aromatic rings. The number of H-pyrrole nitrogens is 1. The molecule has 8 nitrogen and oxygen atoms in total. The van der Waals surface area contributed by atoms with E-state index in [1.54, 1.807) is 24.3 Å².